The van der Waals surface area contributed by atoms with E-state index in [4.69, 9.17) is 4.98 Å². The zero-order chi connectivity index (χ0) is 14.9. The highest BCUT2D eigenvalue weighted by atomic mass is 14.9. The Bertz CT molecular complexity index is 470. The largest absolute Gasteiger partial charge is 0.313 e. The quantitative estimate of drug-likeness (QED) is 0.892. The van der Waals surface area contributed by atoms with Gasteiger partial charge < -0.3 is 5.32 Å². The molecule has 21 heavy (non-hydrogen) atoms. The standard InChI is InChI=1S/C19H30N2/c1-4-20-17(15-9-11-19(2,3)12-10-15)16-8-7-14-6-5-13-21-18(14)16/h5-6,13,15-17,20H,4,7-12H2,1-3H3. The molecule has 2 unspecified atom stereocenters. The third-order valence-corrected chi connectivity index (χ3v) is 5.77. The van der Waals surface area contributed by atoms with Crippen molar-refractivity contribution >= 4 is 0 Å². The molecule has 1 heterocycles. The molecule has 1 aromatic heterocycles. The van der Waals surface area contributed by atoms with Crippen LogP contribution >= 0.6 is 0 Å². The van der Waals surface area contributed by atoms with Crippen molar-refractivity contribution < 1.29 is 0 Å². The normalized spacial score (nSPS) is 26.5. The molecule has 0 spiro atoms. The lowest BCUT2D eigenvalue weighted by molar-refractivity contribution is 0.150. The van der Waals surface area contributed by atoms with Crippen molar-refractivity contribution in [2.24, 2.45) is 11.3 Å². The third kappa shape index (κ3) is 3.15. The predicted octanol–water partition coefficient (Wildman–Crippen LogP) is 4.31. The molecule has 2 aliphatic carbocycles. The Balaban J connectivity index is 1.77. The van der Waals surface area contributed by atoms with Gasteiger partial charge in [-0.2, -0.15) is 0 Å². The zero-order valence-electron chi connectivity index (χ0n) is 13.9. The number of rotatable bonds is 4. The van der Waals surface area contributed by atoms with E-state index in [0.29, 0.717) is 17.4 Å². The zero-order valence-corrected chi connectivity index (χ0v) is 13.9. The summed E-state index contributed by atoms with van der Waals surface area (Å²) >= 11 is 0. The fourth-order valence-electron chi connectivity index (χ4n) is 4.45. The fraction of sp³-hybridized carbons (Fsp3) is 0.737. The van der Waals surface area contributed by atoms with Gasteiger partial charge in [0.1, 0.15) is 0 Å². The molecule has 0 saturated heterocycles. The molecule has 116 valence electrons. The van der Waals surface area contributed by atoms with Gasteiger partial charge in [0.25, 0.3) is 0 Å². The summed E-state index contributed by atoms with van der Waals surface area (Å²) in [6, 6.07) is 4.99. The van der Waals surface area contributed by atoms with Gasteiger partial charge in [0.15, 0.2) is 0 Å². The monoisotopic (exact) mass is 286 g/mol. The van der Waals surface area contributed by atoms with E-state index >= 15 is 0 Å². The van der Waals surface area contributed by atoms with E-state index < -0.39 is 0 Å². The Hall–Kier alpha value is -0.890. The average molecular weight is 286 g/mol. The second-order valence-electron chi connectivity index (χ2n) is 7.78. The first-order valence-corrected chi connectivity index (χ1v) is 8.78. The van der Waals surface area contributed by atoms with E-state index in [-0.39, 0.29) is 0 Å². The molecule has 2 aliphatic rings. The molecule has 1 fully saturated rings. The van der Waals surface area contributed by atoms with Crippen LogP contribution in [0.2, 0.25) is 0 Å². The molecule has 3 rings (SSSR count). The van der Waals surface area contributed by atoms with Crippen molar-refractivity contribution in [3.05, 3.63) is 29.6 Å². The van der Waals surface area contributed by atoms with Crippen LogP contribution in [0.4, 0.5) is 0 Å². The number of nitrogens with one attached hydrogen (secondary N) is 1. The molecule has 1 aromatic rings. The van der Waals surface area contributed by atoms with Crippen LogP contribution in [-0.4, -0.2) is 17.6 Å². The number of aromatic nitrogens is 1. The minimum atomic E-state index is 0.555. The SMILES string of the molecule is CCNC(C1CCC(C)(C)CC1)C1CCc2cccnc21. The molecule has 0 radical (unpaired) electrons. The lowest BCUT2D eigenvalue weighted by Gasteiger charge is -2.40. The smallest absolute Gasteiger partial charge is 0.0482 e. The highest BCUT2D eigenvalue weighted by molar-refractivity contribution is 5.30. The predicted molar refractivity (Wildman–Crippen MR) is 88.5 cm³/mol. The maximum Gasteiger partial charge on any atom is 0.0482 e. The summed E-state index contributed by atoms with van der Waals surface area (Å²) in [5.41, 5.74) is 3.42. The molecule has 2 heteroatoms. The number of hydrogen-bond acceptors (Lipinski definition) is 2. The molecule has 2 atom stereocenters. The number of pyridine rings is 1. The lowest BCUT2D eigenvalue weighted by atomic mass is 9.69. The summed E-state index contributed by atoms with van der Waals surface area (Å²) in [6.07, 6.45) is 9.98. The van der Waals surface area contributed by atoms with E-state index in [1.807, 2.05) is 6.20 Å². The van der Waals surface area contributed by atoms with E-state index in [1.165, 1.54) is 49.8 Å². The molecule has 0 aliphatic heterocycles. The minimum Gasteiger partial charge on any atom is -0.313 e. The first kappa shape index (κ1) is 15.0. The summed E-state index contributed by atoms with van der Waals surface area (Å²) in [7, 11) is 0. The van der Waals surface area contributed by atoms with Crippen LogP contribution < -0.4 is 5.32 Å². The fourth-order valence-corrected chi connectivity index (χ4v) is 4.45. The van der Waals surface area contributed by atoms with Crippen LogP contribution in [0.15, 0.2) is 18.3 Å². The van der Waals surface area contributed by atoms with Gasteiger partial charge in [-0.25, -0.2) is 0 Å². The van der Waals surface area contributed by atoms with Gasteiger partial charge >= 0.3 is 0 Å². The molecule has 0 bridgehead atoms. The lowest BCUT2D eigenvalue weighted by Crippen LogP contribution is -2.43. The van der Waals surface area contributed by atoms with Gasteiger partial charge in [0.2, 0.25) is 0 Å². The Morgan fingerprint density at radius 3 is 2.76 bits per heavy atom. The van der Waals surface area contributed by atoms with Crippen molar-refractivity contribution in [2.75, 3.05) is 6.54 Å². The van der Waals surface area contributed by atoms with Crippen LogP contribution in [0.3, 0.4) is 0 Å². The van der Waals surface area contributed by atoms with Gasteiger partial charge in [0.05, 0.1) is 0 Å². The Kier molecular flexibility index (Phi) is 4.35. The number of fused-ring (bicyclic) bond motifs is 1. The van der Waals surface area contributed by atoms with Crippen molar-refractivity contribution in [1.29, 1.82) is 0 Å². The summed E-state index contributed by atoms with van der Waals surface area (Å²) < 4.78 is 0. The molecule has 2 nitrogen and oxygen atoms in total. The second-order valence-corrected chi connectivity index (χ2v) is 7.78. The summed E-state index contributed by atoms with van der Waals surface area (Å²) in [4.78, 5) is 4.73. The summed E-state index contributed by atoms with van der Waals surface area (Å²) in [5.74, 6) is 1.46. The minimum absolute atomic E-state index is 0.555. The van der Waals surface area contributed by atoms with Crippen molar-refractivity contribution in [1.82, 2.24) is 10.3 Å². The Morgan fingerprint density at radius 2 is 2.05 bits per heavy atom. The van der Waals surface area contributed by atoms with Gasteiger partial charge in [-0.05, 0) is 68.0 Å². The van der Waals surface area contributed by atoms with E-state index in [1.54, 1.807) is 0 Å². The third-order valence-electron chi connectivity index (χ3n) is 5.77. The van der Waals surface area contributed by atoms with Gasteiger partial charge in [-0.15, -0.1) is 0 Å². The number of nitrogens with zero attached hydrogens (tertiary/aromatic N) is 1. The molecule has 0 amide bonds. The summed E-state index contributed by atoms with van der Waals surface area (Å²) in [6.45, 7) is 8.17. The number of likely N-dealkylation sites (N-methyl/N-ethyl adjacent to an activating group) is 1. The van der Waals surface area contributed by atoms with Gasteiger partial charge in [-0.3, -0.25) is 4.98 Å². The van der Waals surface area contributed by atoms with E-state index in [0.717, 1.165) is 12.5 Å². The maximum atomic E-state index is 4.73. The maximum absolute atomic E-state index is 4.73. The average Bonchev–Trinajstić information content (AvgIpc) is 2.89. The van der Waals surface area contributed by atoms with E-state index in [9.17, 15) is 0 Å². The first-order chi connectivity index (χ1) is 10.1. The molecular formula is C19H30N2. The topological polar surface area (TPSA) is 24.9 Å². The molecule has 1 saturated carbocycles. The highest BCUT2D eigenvalue weighted by Crippen LogP contribution is 2.44. The molecular weight excluding hydrogens is 256 g/mol. The molecule has 1 N–H and O–H groups in total. The molecule has 0 aromatic carbocycles. The van der Waals surface area contributed by atoms with Crippen molar-refractivity contribution in [3.8, 4) is 0 Å². The Morgan fingerprint density at radius 1 is 1.29 bits per heavy atom. The van der Waals surface area contributed by atoms with Gasteiger partial charge in [0, 0.05) is 23.9 Å². The number of hydrogen-bond donors (Lipinski definition) is 1. The van der Waals surface area contributed by atoms with E-state index in [2.05, 4.69) is 38.2 Å². The first-order valence-electron chi connectivity index (χ1n) is 8.78. The second kappa shape index (κ2) is 6.08. The van der Waals surface area contributed by atoms with Crippen molar-refractivity contribution in [3.63, 3.8) is 0 Å². The van der Waals surface area contributed by atoms with Crippen LogP contribution in [0.5, 0.6) is 0 Å². The van der Waals surface area contributed by atoms with Crippen molar-refractivity contribution in [2.45, 2.75) is 71.3 Å². The van der Waals surface area contributed by atoms with Crippen LogP contribution in [0, 0.1) is 11.3 Å². The highest BCUT2D eigenvalue weighted by Gasteiger charge is 2.38. The van der Waals surface area contributed by atoms with Crippen LogP contribution in [0.25, 0.3) is 0 Å². The number of aryl methyl sites for hydroxylation is 1. The Labute approximate surface area is 129 Å². The van der Waals surface area contributed by atoms with Gasteiger partial charge in [-0.1, -0.05) is 26.8 Å². The summed E-state index contributed by atoms with van der Waals surface area (Å²) in [5, 5.41) is 3.82. The van der Waals surface area contributed by atoms with Crippen LogP contribution in [0.1, 0.15) is 70.1 Å². The van der Waals surface area contributed by atoms with Crippen LogP contribution in [-0.2, 0) is 6.42 Å².